The van der Waals surface area contributed by atoms with Gasteiger partial charge < -0.3 is 15.2 Å². The molecule has 0 heterocycles. The number of rotatable bonds is 5. The van der Waals surface area contributed by atoms with Crippen LogP contribution < -0.4 is 5.32 Å². The van der Waals surface area contributed by atoms with Gasteiger partial charge in [-0.15, -0.1) is 0 Å². The van der Waals surface area contributed by atoms with E-state index < -0.39 is 29.7 Å². The Morgan fingerprint density at radius 1 is 0.933 bits per heavy atom. The zero-order valence-corrected chi connectivity index (χ0v) is 15.6. The molecule has 0 aliphatic heterocycles. The Bertz CT molecular complexity index is 1090. The molecule has 0 fully saturated rings. The molecule has 7 heteroatoms. The van der Waals surface area contributed by atoms with Crippen molar-refractivity contribution < 1.29 is 28.2 Å². The Morgan fingerprint density at radius 2 is 1.53 bits per heavy atom. The lowest BCUT2D eigenvalue weighted by Gasteiger charge is -2.18. The van der Waals surface area contributed by atoms with Crippen LogP contribution in [0.3, 0.4) is 0 Å². The normalized spacial score (nSPS) is 13.3. The number of alkyl carbamates (subject to hydrolysis) is 1. The van der Waals surface area contributed by atoms with Crippen LogP contribution in [0.1, 0.15) is 28.7 Å². The minimum absolute atomic E-state index is 0.00395. The van der Waals surface area contributed by atoms with Crippen molar-refractivity contribution in [3.63, 3.8) is 0 Å². The number of benzene rings is 3. The third-order valence-corrected chi connectivity index (χ3v) is 5.13. The van der Waals surface area contributed by atoms with Gasteiger partial charge in [0.05, 0.1) is 0 Å². The number of fused-ring (bicyclic) bond motifs is 3. The number of halogens is 2. The average molecular weight is 409 g/mol. The highest BCUT2D eigenvalue weighted by Crippen LogP contribution is 2.44. The summed E-state index contributed by atoms with van der Waals surface area (Å²) in [6.45, 7) is 0.00395. The number of hydrogen-bond donors (Lipinski definition) is 2. The number of carbonyl (C=O) groups excluding carboxylic acids is 1. The molecule has 0 bridgehead atoms. The Labute approximate surface area is 170 Å². The first kappa shape index (κ1) is 19.6. The van der Waals surface area contributed by atoms with Crippen molar-refractivity contribution in [2.24, 2.45) is 0 Å². The van der Waals surface area contributed by atoms with Crippen LogP contribution in [0.25, 0.3) is 11.1 Å². The van der Waals surface area contributed by atoms with E-state index in [1.807, 2.05) is 48.5 Å². The summed E-state index contributed by atoms with van der Waals surface area (Å²) in [5.41, 5.74) is 4.05. The van der Waals surface area contributed by atoms with Crippen LogP contribution in [0, 0.1) is 11.6 Å². The van der Waals surface area contributed by atoms with E-state index in [0.717, 1.165) is 40.5 Å². The molecule has 1 atom stereocenters. The molecule has 1 aliphatic carbocycles. The Balaban J connectivity index is 1.49. The van der Waals surface area contributed by atoms with Crippen molar-refractivity contribution in [2.45, 2.75) is 12.0 Å². The summed E-state index contributed by atoms with van der Waals surface area (Å²) in [5, 5.41) is 11.6. The molecule has 1 amide bonds. The smallest absolute Gasteiger partial charge is 0.408 e. The molecule has 0 radical (unpaired) electrons. The van der Waals surface area contributed by atoms with Crippen LogP contribution in [0.4, 0.5) is 13.6 Å². The summed E-state index contributed by atoms with van der Waals surface area (Å²) in [7, 11) is 0. The van der Waals surface area contributed by atoms with Crippen LogP contribution in [-0.2, 0) is 9.53 Å². The van der Waals surface area contributed by atoms with E-state index >= 15 is 0 Å². The molecular weight excluding hydrogens is 392 g/mol. The molecular formula is C23H17F2NO4. The van der Waals surface area contributed by atoms with E-state index in [-0.39, 0.29) is 18.1 Å². The van der Waals surface area contributed by atoms with Gasteiger partial charge in [0.1, 0.15) is 6.61 Å². The summed E-state index contributed by atoms with van der Waals surface area (Å²) in [6, 6.07) is 16.7. The number of hydrogen-bond acceptors (Lipinski definition) is 3. The van der Waals surface area contributed by atoms with Crippen molar-refractivity contribution >= 4 is 12.1 Å². The van der Waals surface area contributed by atoms with E-state index in [0.29, 0.717) is 0 Å². The molecule has 0 aromatic heterocycles. The Hall–Kier alpha value is -3.74. The summed E-state index contributed by atoms with van der Waals surface area (Å²) < 4.78 is 31.9. The molecule has 0 saturated heterocycles. The zero-order valence-electron chi connectivity index (χ0n) is 15.6. The summed E-state index contributed by atoms with van der Waals surface area (Å²) in [6.07, 6.45) is -0.964. The summed E-state index contributed by atoms with van der Waals surface area (Å²) in [4.78, 5) is 23.8. The topological polar surface area (TPSA) is 75.6 Å². The molecule has 5 nitrogen and oxygen atoms in total. The standard InChI is InChI=1S/C23H17F2NO4/c24-19-10-9-13(11-20(19)25)21(22(27)28)26-23(29)30-12-18-16-7-3-1-5-14(16)15-6-2-4-8-17(15)18/h1-11,18,21H,12H2,(H,26,29)(H,27,28)/t21-/m1/s1. The third kappa shape index (κ3) is 3.61. The molecule has 30 heavy (non-hydrogen) atoms. The lowest BCUT2D eigenvalue weighted by atomic mass is 9.98. The maximum absolute atomic E-state index is 13.5. The van der Waals surface area contributed by atoms with Crippen LogP contribution in [-0.4, -0.2) is 23.8 Å². The first-order valence-electron chi connectivity index (χ1n) is 9.25. The van der Waals surface area contributed by atoms with Gasteiger partial charge in [0, 0.05) is 5.92 Å². The van der Waals surface area contributed by atoms with Crippen molar-refractivity contribution in [3.05, 3.63) is 95.1 Å². The number of nitrogens with one attached hydrogen (secondary N) is 1. The molecule has 0 spiro atoms. The van der Waals surface area contributed by atoms with E-state index in [4.69, 9.17) is 4.74 Å². The van der Waals surface area contributed by atoms with Gasteiger partial charge in [0.25, 0.3) is 0 Å². The van der Waals surface area contributed by atoms with Crippen molar-refractivity contribution in [1.82, 2.24) is 5.32 Å². The van der Waals surface area contributed by atoms with Gasteiger partial charge in [-0.25, -0.2) is 18.4 Å². The summed E-state index contributed by atoms with van der Waals surface area (Å²) >= 11 is 0. The van der Waals surface area contributed by atoms with Crippen LogP contribution in [0.15, 0.2) is 66.7 Å². The molecule has 0 saturated carbocycles. The number of ether oxygens (including phenoxy) is 1. The largest absolute Gasteiger partial charge is 0.479 e. The second-order valence-electron chi connectivity index (χ2n) is 6.91. The van der Waals surface area contributed by atoms with Crippen molar-refractivity contribution in [3.8, 4) is 11.1 Å². The first-order chi connectivity index (χ1) is 14.5. The maximum Gasteiger partial charge on any atom is 0.408 e. The number of carboxylic acids is 1. The Kier molecular flexibility index (Phi) is 5.18. The van der Waals surface area contributed by atoms with Crippen LogP contribution >= 0.6 is 0 Å². The SMILES string of the molecule is O=C(N[C@@H](C(=O)O)c1ccc(F)c(F)c1)OCC1c2ccccc2-c2ccccc21. The maximum atomic E-state index is 13.5. The lowest BCUT2D eigenvalue weighted by molar-refractivity contribution is -0.139. The number of carbonyl (C=O) groups is 2. The minimum atomic E-state index is -1.57. The van der Waals surface area contributed by atoms with Crippen molar-refractivity contribution in [1.29, 1.82) is 0 Å². The zero-order chi connectivity index (χ0) is 21.3. The van der Waals surface area contributed by atoms with Gasteiger partial charge in [-0.1, -0.05) is 54.6 Å². The van der Waals surface area contributed by atoms with Gasteiger partial charge in [-0.2, -0.15) is 0 Å². The predicted molar refractivity (Wildman–Crippen MR) is 105 cm³/mol. The molecule has 1 aliphatic rings. The minimum Gasteiger partial charge on any atom is -0.479 e. The molecule has 0 unspecified atom stereocenters. The lowest BCUT2D eigenvalue weighted by Crippen LogP contribution is -2.35. The van der Waals surface area contributed by atoms with Crippen LogP contribution in [0.5, 0.6) is 0 Å². The van der Waals surface area contributed by atoms with Gasteiger partial charge in [0.2, 0.25) is 0 Å². The Morgan fingerprint density at radius 3 is 2.10 bits per heavy atom. The predicted octanol–water partition coefficient (Wildman–Crippen LogP) is 4.63. The molecule has 3 aromatic rings. The molecule has 2 N–H and O–H groups in total. The quantitative estimate of drug-likeness (QED) is 0.644. The number of aliphatic carboxylic acids is 1. The van der Waals surface area contributed by atoms with E-state index in [2.05, 4.69) is 5.32 Å². The van der Waals surface area contributed by atoms with E-state index in [9.17, 15) is 23.5 Å². The highest BCUT2D eigenvalue weighted by atomic mass is 19.2. The third-order valence-electron chi connectivity index (χ3n) is 5.13. The first-order valence-corrected chi connectivity index (χ1v) is 9.25. The monoisotopic (exact) mass is 409 g/mol. The van der Waals surface area contributed by atoms with Crippen LogP contribution in [0.2, 0.25) is 0 Å². The van der Waals surface area contributed by atoms with Crippen molar-refractivity contribution in [2.75, 3.05) is 6.61 Å². The fraction of sp³-hybridized carbons (Fsp3) is 0.130. The van der Waals surface area contributed by atoms with Gasteiger partial charge in [-0.05, 0) is 39.9 Å². The molecule has 4 rings (SSSR count). The highest BCUT2D eigenvalue weighted by molar-refractivity contribution is 5.82. The number of carboxylic acid groups (broad SMARTS) is 1. The van der Waals surface area contributed by atoms with Gasteiger partial charge >= 0.3 is 12.1 Å². The average Bonchev–Trinajstić information content (AvgIpc) is 3.06. The summed E-state index contributed by atoms with van der Waals surface area (Å²) in [5.74, 6) is -3.92. The fourth-order valence-corrected chi connectivity index (χ4v) is 3.74. The van der Waals surface area contributed by atoms with Gasteiger partial charge in [-0.3, -0.25) is 0 Å². The second-order valence-corrected chi connectivity index (χ2v) is 6.91. The highest BCUT2D eigenvalue weighted by Gasteiger charge is 2.30. The van der Waals surface area contributed by atoms with E-state index in [1.54, 1.807) is 0 Å². The second kappa shape index (κ2) is 7.94. The fourth-order valence-electron chi connectivity index (χ4n) is 3.74. The molecule has 3 aromatic carbocycles. The number of amides is 1. The van der Waals surface area contributed by atoms with Gasteiger partial charge in [0.15, 0.2) is 17.7 Å². The molecule has 152 valence electrons. The van der Waals surface area contributed by atoms with E-state index in [1.165, 1.54) is 0 Å².